The zero-order valence-electron chi connectivity index (χ0n) is 8.44. The number of halogens is 1. The second kappa shape index (κ2) is 5.75. The number of hydrogen-bond donors (Lipinski definition) is 1. The molecule has 1 aromatic carbocycles. The van der Waals surface area contributed by atoms with E-state index in [1.807, 2.05) is 13.0 Å². The third-order valence-electron chi connectivity index (χ3n) is 1.89. The lowest BCUT2D eigenvalue weighted by molar-refractivity contribution is -0.136. The van der Waals surface area contributed by atoms with E-state index in [9.17, 15) is 9.18 Å². The van der Waals surface area contributed by atoms with Crippen LogP contribution in [0.1, 0.15) is 18.9 Å². The Labute approximate surface area is 92.5 Å². The number of benzene rings is 1. The lowest BCUT2D eigenvalue weighted by Gasteiger charge is -2.08. The fourth-order valence-corrected chi connectivity index (χ4v) is 2.09. The van der Waals surface area contributed by atoms with Crippen molar-refractivity contribution in [3.63, 3.8) is 0 Å². The molecule has 1 unspecified atom stereocenters. The number of rotatable bonds is 5. The molecule has 1 atom stereocenters. The van der Waals surface area contributed by atoms with Crippen molar-refractivity contribution >= 4 is 17.7 Å². The first-order valence-electron chi connectivity index (χ1n) is 4.66. The van der Waals surface area contributed by atoms with Crippen molar-refractivity contribution in [2.75, 3.05) is 0 Å². The van der Waals surface area contributed by atoms with Crippen LogP contribution in [0, 0.1) is 5.82 Å². The normalized spacial score (nSPS) is 12.4. The molecule has 0 aliphatic heterocycles. The van der Waals surface area contributed by atoms with Gasteiger partial charge in [-0.05, 0) is 17.7 Å². The summed E-state index contributed by atoms with van der Waals surface area (Å²) in [6.07, 6.45) is 0.139. The zero-order chi connectivity index (χ0) is 11.3. The molecule has 82 valence electrons. The van der Waals surface area contributed by atoms with Crippen molar-refractivity contribution in [3.05, 3.63) is 35.6 Å². The molecule has 15 heavy (non-hydrogen) atoms. The van der Waals surface area contributed by atoms with Gasteiger partial charge in [0.25, 0.3) is 0 Å². The van der Waals surface area contributed by atoms with E-state index in [1.165, 1.54) is 23.9 Å². The van der Waals surface area contributed by atoms with Gasteiger partial charge in [0.2, 0.25) is 0 Å². The SMILES string of the molecule is CC(CC(=O)O)SCc1cccc(F)c1. The van der Waals surface area contributed by atoms with Gasteiger partial charge in [0.1, 0.15) is 5.82 Å². The molecule has 0 aromatic heterocycles. The molecule has 1 aromatic rings. The Morgan fingerprint density at radius 2 is 2.33 bits per heavy atom. The minimum absolute atomic E-state index is 0.0470. The highest BCUT2D eigenvalue weighted by Crippen LogP contribution is 2.20. The highest BCUT2D eigenvalue weighted by Gasteiger charge is 2.08. The molecule has 0 aliphatic carbocycles. The van der Waals surface area contributed by atoms with E-state index in [0.29, 0.717) is 5.75 Å². The van der Waals surface area contributed by atoms with E-state index >= 15 is 0 Å². The molecular formula is C11H13FO2S. The Kier molecular flexibility index (Phi) is 4.62. The molecule has 0 bridgehead atoms. The average molecular weight is 228 g/mol. The van der Waals surface area contributed by atoms with Crippen molar-refractivity contribution in [1.29, 1.82) is 0 Å². The van der Waals surface area contributed by atoms with Crippen LogP contribution in [-0.4, -0.2) is 16.3 Å². The molecule has 0 saturated carbocycles. The molecule has 0 aliphatic rings. The van der Waals surface area contributed by atoms with Gasteiger partial charge in [-0.1, -0.05) is 19.1 Å². The Morgan fingerprint density at radius 1 is 1.60 bits per heavy atom. The van der Waals surface area contributed by atoms with Crippen LogP contribution in [0.4, 0.5) is 4.39 Å². The van der Waals surface area contributed by atoms with Crippen molar-refractivity contribution in [1.82, 2.24) is 0 Å². The summed E-state index contributed by atoms with van der Waals surface area (Å²) in [5, 5.41) is 8.60. The van der Waals surface area contributed by atoms with Crippen LogP contribution < -0.4 is 0 Å². The molecule has 2 nitrogen and oxygen atoms in total. The predicted molar refractivity (Wildman–Crippen MR) is 59.4 cm³/mol. The summed E-state index contributed by atoms with van der Waals surface area (Å²) in [5.74, 6) is -0.403. The maximum atomic E-state index is 12.8. The number of thioether (sulfide) groups is 1. The first-order valence-corrected chi connectivity index (χ1v) is 5.70. The van der Waals surface area contributed by atoms with Crippen molar-refractivity contribution in [2.24, 2.45) is 0 Å². The second-order valence-electron chi connectivity index (χ2n) is 3.35. The summed E-state index contributed by atoms with van der Waals surface area (Å²) in [7, 11) is 0. The molecule has 0 amide bonds. The van der Waals surface area contributed by atoms with Gasteiger partial charge in [0, 0.05) is 11.0 Å². The van der Waals surface area contributed by atoms with Crippen LogP contribution in [-0.2, 0) is 10.5 Å². The molecular weight excluding hydrogens is 215 g/mol. The predicted octanol–water partition coefficient (Wildman–Crippen LogP) is 2.92. The van der Waals surface area contributed by atoms with Gasteiger partial charge in [-0.15, -0.1) is 0 Å². The minimum atomic E-state index is -0.797. The van der Waals surface area contributed by atoms with Gasteiger partial charge in [-0.2, -0.15) is 11.8 Å². The average Bonchev–Trinajstić information content (AvgIpc) is 2.14. The quantitative estimate of drug-likeness (QED) is 0.842. The largest absolute Gasteiger partial charge is 0.481 e. The monoisotopic (exact) mass is 228 g/mol. The smallest absolute Gasteiger partial charge is 0.304 e. The molecule has 1 rings (SSSR count). The van der Waals surface area contributed by atoms with Crippen LogP contribution in [0.15, 0.2) is 24.3 Å². The third kappa shape index (κ3) is 4.83. The van der Waals surface area contributed by atoms with E-state index in [0.717, 1.165) is 5.56 Å². The van der Waals surface area contributed by atoms with Gasteiger partial charge in [-0.3, -0.25) is 4.79 Å². The third-order valence-corrected chi connectivity index (χ3v) is 3.12. The van der Waals surface area contributed by atoms with Gasteiger partial charge in [-0.25, -0.2) is 4.39 Å². The Morgan fingerprint density at radius 3 is 2.93 bits per heavy atom. The molecule has 0 spiro atoms. The van der Waals surface area contributed by atoms with E-state index in [1.54, 1.807) is 6.07 Å². The van der Waals surface area contributed by atoms with Crippen LogP contribution in [0.5, 0.6) is 0 Å². The standard InChI is InChI=1S/C11H13FO2S/c1-8(5-11(13)14)15-7-9-3-2-4-10(12)6-9/h2-4,6,8H,5,7H2,1H3,(H,13,14). The summed E-state index contributed by atoms with van der Waals surface area (Å²) >= 11 is 1.52. The number of aliphatic carboxylic acids is 1. The number of hydrogen-bond acceptors (Lipinski definition) is 2. The first-order chi connectivity index (χ1) is 7.08. The van der Waals surface area contributed by atoms with Crippen LogP contribution in [0.25, 0.3) is 0 Å². The van der Waals surface area contributed by atoms with Gasteiger partial charge < -0.3 is 5.11 Å². The lowest BCUT2D eigenvalue weighted by Crippen LogP contribution is -2.05. The van der Waals surface area contributed by atoms with Gasteiger partial charge in [0.15, 0.2) is 0 Å². The number of carboxylic acid groups (broad SMARTS) is 1. The van der Waals surface area contributed by atoms with Crippen LogP contribution >= 0.6 is 11.8 Å². The molecule has 1 N–H and O–H groups in total. The molecule has 4 heteroatoms. The lowest BCUT2D eigenvalue weighted by atomic mass is 10.2. The highest BCUT2D eigenvalue weighted by molar-refractivity contribution is 7.99. The van der Waals surface area contributed by atoms with E-state index in [-0.39, 0.29) is 17.5 Å². The summed E-state index contributed by atoms with van der Waals surface area (Å²) in [6.45, 7) is 1.86. The van der Waals surface area contributed by atoms with Crippen LogP contribution in [0.3, 0.4) is 0 Å². The summed E-state index contributed by atoms with van der Waals surface area (Å²) in [5.41, 5.74) is 0.886. The maximum Gasteiger partial charge on any atom is 0.304 e. The topological polar surface area (TPSA) is 37.3 Å². The summed E-state index contributed by atoms with van der Waals surface area (Å²) in [4.78, 5) is 10.4. The van der Waals surface area contributed by atoms with E-state index in [2.05, 4.69) is 0 Å². The van der Waals surface area contributed by atoms with Crippen LogP contribution in [0.2, 0.25) is 0 Å². The molecule has 0 radical (unpaired) electrons. The first kappa shape index (κ1) is 12.0. The second-order valence-corrected chi connectivity index (χ2v) is 4.78. The van der Waals surface area contributed by atoms with Crippen molar-refractivity contribution in [2.45, 2.75) is 24.3 Å². The fraction of sp³-hybridized carbons (Fsp3) is 0.364. The Bertz CT molecular complexity index is 341. The Balaban J connectivity index is 2.40. The van der Waals surface area contributed by atoms with E-state index < -0.39 is 5.97 Å². The molecule has 0 fully saturated rings. The number of carboxylic acids is 1. The maximum absolute atomic E-state index is 12.8. The highest BCUT2D eigenvalue weighted by atomic mass is 32.2. The minimum Gasteiger partial charge on any atom is -0.481 e. The van der Waals surface area contributed by atoms with Crippen molar-refractivity contribution < 1.29 is 14.3 Å². The zero-order valence-corrected chi connectivity index (χ0v) is 9.26. The molecule has 0 heterocycles. The van der Waals surface area contributed by atoms with E-state index in [4.69, 9.17) is 5.11 Å². The van der Waals surface area contributed by atoms with Crippen molar-refractivity contribution in [3.8, 4) is 0 Å². The summed E-state index contributed by atoms with van der Waals surface area (Å²) in [6, 6.07) is 6.37. The van der Waals surface area contributed by atoms with Gasteiger partial charge in [0.05, 0.1) is 6.42 Å². The Hall–Kier alpha value is -1.03. The molecule has 0 saturated heterocycles. The fourth-order valence-electron chi connectivity index (χ4n) is 1.17. The summed E-state index contributed by atoms with van der Waals surface area (Å²) < 4.78 is 12.8. The number of carbonyl (C=O) groups is 1. The van der Waals surface area contributed by atoms with Gasteiger partial charge >= 0.3 is 5.97 Å².